The molecule has 0 saturated heterocycles. The van der Waals surface area contributed by atoms with Crippen molar-refractivity contribution in [3.63, 3.8) is 0 Å². The van der Waals surface area contributed by atoms with E-state index in [-0.39, 0.29) is 0 Å². The van der Waals surface area contributed by atoms with Crippen LogP contribution in [0.3, 0.4) is 0 Å². The molecule has 0 atom stereocenters. The molecule has 0 unspecified atom stereocenters. The van der Waals surface area contributed by atoms with Crippen LogP contribution in [0.25, 0.3) is 0 Å². The summed E-state index contributed by atoms with van der Waals surface area (Å²) in [6.45, 7) is 2.28. The lowest BCUT2D eigenvalue weighted by atomic mass is 10.0. The Labute approximate surface area is 94.5 Å². The van der Waals surface area contributed by atoms with E-state index in [0.29, 0.717) is 6.54 Å². The lowest BCUT2D eigenvalue weighted by Gasteiger charge is -2.30. The molecule has 0 spiro atoms. The molecule has 0 radical (unpaired) electrons. The minimum atomic E-state index is -4.22. The fourth-order valence-corrected chi connectivity index (χ4v) is 2.12. The highest BCUT2D eigenvalue weighted by Crippen LogP contribution is 2.34. The van der Waals surface area contributed by atoms with Gasteiger partial charge in [-0.2, -0.15) is 13.2 Å². The molecule has 1 saturated carbocycles. The van der Waals surface area contributed by atoms with Gasteiger partial charge in [0.15, 0.2) is 0 Å². The van der Waals surface area contributed by atoms with Gasteiger partial charge in [-0.05, 0) is 25.8 Å². The first-order valence-electron chi connectivity index (χ1n) is 5.89. The molecule has 2 nitrogen and oxygen atoms in total. The molecule has 1 fully saturated rings. The zero-order valence-corrected chi connectivity index (χ0v) is 9.70. The minimum Gasteiger partial charge on any atom is -0.364 e. The molecular weight excluding hydrogens is 219 g/mol. The quantitative estimate of drug-likeness (QED) is 0.720. The highest BCUT2D eigenvalue weighted by molar-refractivity contribution is 4.88. The predicted molar refractivity (Wildman–Crippen MR) is 56.4 cm³/mol. The Kier molecular flexibility index (Phi) is 5.05. The van der Waals surface area contributed by atoms with E-state index in [0.717, 1.165) is 38.6 Å². The second-order valence-corrected chi connectivity index (χ2v) is 4.47. The van der Waals surface area contributed by atoms with E-state index in [2.05, 4.69) is 5.32 Å². The Morgan fingerprint density at radius 1 is 1.25 bits per heavy atom. The van der Waals surface area contributed by atoms with Crippen molar-refractivity contribution in [3.05, 3.63) is 0 Å². The van der Waals surface area contributed by atoms with Gasteiger partial charge in [-0.1, -0.05) is 19.8 Å². The van der Waals surface area contributed by atoms with Crippen LogP contribution >= 0.6 is 0 Å². The molecule has 0 heterocycles. The molecule has 1 aliphatic rings. The van der Waals surface area contributed by atoms with Crippen LogP contribution in [-0.2, 0) is 4.74 Å². The van der Waals surface area contributed by atoms with E-state index in [1.54, 1.807) is 0 Å². The van der Waals surface area contributed by atoms with Crippen LogP contribution in [0.5, 0.6) is 0 Å². The lowest BCUT2D eigenvalue weighted by molar-refractivity contribution is -0.203. The van der Waals surface area contributed by atoms with Crippen molar-refractivity contribution < 1.29 is 17.9 Å². The molecule has 0 aromatic rings. The summed E-state index contributed by atoms with van der Waals surface area (Å²) in [5.41, 5.74) is -0.579. The Balaban J connectivity index is 2.39. The van der Waals surface area contributed by atoms with Gasteiger partial charge in [-0.25, -0.2) is 0 Å². The van der Waals surface area contributed by atoms with E-state index < -0.39 is 18.4 Å². The van der Waals surface area contributed by atoms with Crippen LogP contribution < -0.4 is 5.32 Å². The van der Waals surface area contributed by atoms with Gasteiger partial charge < -0.3 is 10.1 Å². The molecule has 1 aliphatic carbocycles. The summed E-state index contributed by atoms with van der Waals surface area (Å²) in [7, 11) is 0. The van der Waals surface area contributed by atoms with Gasteiger partial charge in [0.25, 0.3) is 0 Å². The van der Waals surface area contributed by atoms with Crippen LogP contribution in [-0.4, -0.2) is 31.5 Å². The molecule has 1 N–H and O–H groups in total. The van der Waals surface area contributed by atoms with E-state index >= 15 is 0 Å². The third-order valence-corrected chi connectivity index (χ3v) is 2.93. The number of alkyl halides is 3. The van der Waals surface area contributed by atoms with Crippen molar-refractivity contribution in [3.8, 4) is 0 Å². The normalized spacial score (nSPS) is 20.2. The molecule has 0 bridgehead atoms. The molecule has 0 aromatic heterocycles. The van der Waals surface area contributed by atoms with Gasteiger partial charge in [0.2, 0.25) is 0 Å². The predicted octanol–water partition coefficient (Wildman–Crippen LogP) is 2.88. The van der Waals surface area contributed by atoms with Crippen molar-refractivity contribution in [2.75, 3.05) is 19.7 Å². The van der Waals surface area contributed by atoms with Gasteiger partial charge in [0.05, 0.1) is 5.60 Å². The third kappa shape index (κ3) is 4.70. The Morgan fingerprint density at radius 3 is 2.38 bits per heavy atom. The lowest BCUT2D eigenvalue weighted by Crippen LogP contribution is -2.43. The standard InChI is InChI=1S/C11H20F3NO/c1-2-7-15-8-10(5-3-4-6-10)16-9-11(12,13)14/h15H,2-9H2,1H3. The molecule has 96 valence electrons. The van der Waals surface area contributed by atoms with Crippen LogP contribution in [0.4, 0.5) is 13.2 Å². The Hall–Kier alpha value is -0.290. The highest BCUT2D eigenvalue weighted by atomic mass is 19.4. The van der Waals surface area contributed by atoms with Gasteiger partial charge in [-0.3, -0.25) is 0 Å². The molecule has 1 rings (SSSR count). The summed E-state index contributed by atoms with van der Waals surface area (Å²) >= 11 is 0. The fourth-order valence-electron chi connectivity index (χ4n) is 2.12. The summed E-state index contributed by atoms with van der Waals surface area (Å²) in [6.07, 6.45) is 0.159. The zero-order valence-electron chi connectivity index (χ0n) is 9.70. The number of halogens is 3. The number of nitrogens with one attached hydrogen (secondary N) is 1. The Bertz CT molecular complexity index is 200. The summed E-state index contributed by atoms with van der Waals surface area (Å²) in [4.78, 5) is 0. The maximum Gasteiger partial charge on any atom is 0.411 e. The summed E-state index contributed by atoms with van der Waals surface area (Å²) < 4.78 is 41.5. The average molecular weight is 239 g/mol. The SMILES string of the molecule is CCCNCC1(OCC(F)(F)F)CCCC1. The van der Waals surface area contributed by atoms with E-state index in [1.165, 1.54) is 0 Å². The number of ether oxygens (including phenoxy) is 1. The number of rotatable bonds is 6. The van der Waals surface area contributed by atoms with E-state index in [4.69, 9.17) is 4.74 Å². The maximum absolute atomic E-state index is 12.1. The number of hydrogen-bond acceptors (Lipinski definition) is 2. The van der Waals surface area contributed by atoms with Crippen molar-refractivity contribution in [1.82, 2.24) is 5.32 Å². The smallest absolute Gasteiger partial charge is 0.364 e. The van der Waals surface area contributed by atoms with Gasteiger partial charge >= 0.3 is 6.18 Å². The monoisotopic (exact) mass is 239 g/mol. The summed E-state index contributed by atoms with van der Waals surface area (Å²) in [6, 6.07) is 0. The van der Waals surface area contributed by atoms with Crippen molar-refractivity contribution in [2.24, 2.45) is 0 Å². The van der Waals surface area contributed by atoms with Crippen molar-refractivity contribution in [1.29, 1.82) is 0 Å². The van der Waals surface area contributed by atoms with Crippen LogP contribution in [0.1, 0.15) is 39.0 Å². The van der Waals surface area contributed by atoms with Crippen molar-refractivity contribution >= 4 is 0 Å². The third-order valence-electron chi connectivity index (χ3n) is 2.93. The molecule has 0 aromatic carbocycles. The molecule has 0 amide bonds. The molecule has 16 heavy (non-hydrogen) atoms. The molecule has 0 aliphatic heterocycles. The fraction of sp³-hybridized carbons (Fsp3) is 1.00. The van der Waals surface area contributed by atoms with Gasteiger partial charge in [-0.15, -0.1) is 0 Å². The van der Waals surface area contributed by atoms with Crippen LogP contribution in [0.2, 0.25) is 0 Å². The first-order chi connectivity index (χ1) is 7.47. The minimum absolute atomic E-state index is 0.539. The maximum atomic E-state index is 12.1. The topological polar surface area (TPSA) is 21.3 Å². The van der Waals surface area contributed by atoms with Crippen LogP contribution in [0.15, 0.2) is 0 Å². The first kappa shape index (κ1) is 13.8. The second kappa shape index (κ2) is 5.87. The first-order valence-corrected chi connectivity index (χ1v) is 5.89. The van der Waals surface area contributed by atoms with Gasteiger partial charge in [0, 0.05) is 6.54 Å². The van der Waals surface area contributed by atoms with E-state index in [9.17, 15) is 13.2 Å². The Morgan fingerprint density at radius 2 is 1.88 bits per heavy atom. The number of hydrogen-bond donors (Lipinski definition) is 1. The average Bonchev–Trinajstić information content (AvgIpc) is 2.64. The molecule has 5 heteroatoms. The van der Waals surface area contributed by atoms with Crippen molar-refractivity contribution in [2.45, 2.75) is 50.8 Å². The largest absolute Gasteiger partial charge is 0.411 e. The summed E-state index contributed by atoms with van der Waals surface area (Å²) in [5.74, 6) is 0. The molecular formula is C11H20F3NO. The van der Waals surface area contributed by atoms with Crippen LogP contribution in [0, 0.1) is 0 Å². The van der Waals surface area contributed by atoms with E-state index in [1.807, 2.05) is 6.92 Å². The second-order valence-electron chi connectivity index (χ2n) is 4.47. The van der Waals surface area contributed by atoms with Gasteiger partial charge in [0.1, 0.15) is 6.61 Å². The summed E-state index contributed by atoms with van der Waals surface area (Å²) in [5, 5.41) is 3.16. The highest BCUT2D eigenvalue weighted by Gasteiger charge is 2.38. The zero-order chi connectivity index (χ0) is 12.1.